The van der Waals surface area contributed by atoms with Gasteiger partial charge in [-0.1, -0.05) is 20.3 Å². The van der Waals surface area contributed by atoms with Gasteiger partial charge in [0.25, 0.3) is 0 Å². The maximum absolute atomic E-state index is 13.7. The Bertz CT molecular complexity index is 2000. The third kappa shape index (κ3) is 16.6. The molecule has 25 atom stereocenters. The number of hydrogen-bond donors (Lipinski definition) is 19. The maximum Gasteiger partial charge on any atom is 0.243 e. The predicted octanol–water partition coefficient (Wildman–Crippen LogP) is -11.6. The van der Waals surface area contributed by atoms with Gasteiger partial charge in [0.1, 0.15) is 116 Å². The van der Waals surface area contributed by atoms with E-state index in [9.17, 15) is 94.8 Å². The van der Waals surface area contributed by atoms with E-state index in [1.807, 2.05) is 0 Å². The summed E-state index contributed by atoms with van der Waals surface area (Å²) in [5, 5.41) is 141. The highest BCUT2D eigenvalue weighted by Crippen LogP contribution is 2.33. The lowest BCUT2D eigenvalue weighted by Crippen LogP contribution is -2.71. The van der Waals surface area contributed by atoms with Crippen LogP contribution in [-0.4, -0.2) is 276 Å². The Morgan fingerprint density at radius 2 is 1.03 bits per heavy atom. The van der Waals surface area contributed by atoms with Crippen LogP contribution in [0.4, 0.5) is 0 Å². The Morgan fingerprint density at radius 3 is 1.55 bits per heavy atom. The van der Waals surface area contributed by atoms with Crippen molar-refractivity contribution < 1.29 is 128 Å². The van der Waals surface area contributed by atoms with Crippen LogP contribution in [0.1, 0.15) is 54.4 Å². The largest absolute Gasteiger partial charge is 0.394 e. The van der Waals surface area contributed by atoms with Crippen LogP contribution in [0, 0.1) is 5.92 Å². The molecule has 4 saturated heterocycles. The molecule has 4 heterocycles. The van der Waals surface area contributed by atoms with E-state index in [1.165, 1.54) is 6.92 Å². The normalized spacial score (nSPS) is 37.4. The van der Waals surface area contributed by atoms with Gasteiger partial charge in [-0.25, -0.2) is 0 Å². The minimum Gasteiger partial charge on any atom is -0.394 e. The van der Waals surface area contributed by atoms with Crippen LogP contribution in [0.5, 0.6) is 0 Å². The average molecular weight is 1120 g/mol. The van der Waals surface area contributed by atoms with E-state index in [0.29, 0.717) is 6.42 Å². The molecule has 0 aromatic rings. The molecule has 0 aromatic carbocycles. The van der Waals surface area contributed by atoms with Crippen molar-refractivity contribution in [2.45, 2.75) is 201 Å². The number of aliphatic hydroxyl groups is 12. The molecule has 4 aliphatic rings. The van der Waals surface area contributed by atoms with E-state index in [0.717, 1.165) is 20.8 Å². The fourth-order valence-corrected chi connectivity index (χ4v) is 8.88. The van der Waals surface area contributed by atoms with Crippen LogP contribution in [-0.2, 0) is 66.7 Å². The standard InChI is InChI=1S/C44H75N7O26/c1-7-13(2)24(40(70)51-25(14(3)55)38(45)68)50-39(69)18(46-15(4)56)8-23(59)49-41-26(47-16(5)57)30(62)36(20(10-53)72-41)76-42-27(48-17(6)58)31(63)37(21(11-54)74-42)77-44-35(67)33(65)29(61)22(75-44)12-71-43-34(66)32(64)28(60)19(9-52)73-43/h13-14,18-22,24-37,41-44,52-55,60-67H,7-12H2,1-6H3,(H2,45,68)(H,46,56)(H,47,57)(H,48,58)(H,49,59)(H,50,69)(H,51,70)/t13-,14+,18-,19+,20+,21+,22+,24-,25-,26+,27+,28+,29+,30+,31+,32-,33-,34-,35-,36+,37+,41+,42-,43-,44-/m0/s1. The minimum atomic E-state index is -2.10. The van der Waals surface area contributed by atoms with Gasteiger partial charge in [0.05, 0.1) is 39.0 Å². The summed E-state index contributed by atoms with van der Waals surface area (Å²) in [7, 11) is 0. The van der Waals surface area contributed by atoms with Crippen molar-refractivity contribution in [3.8, 4) is 0 Å². The highest BCUT2D eigenvalue weighted by atomic mass is 16.8. The van der Waals surface area contributed by atoms with Gasteiger partial charge < -0.3 is 132 Å². The molecule has 4 rings (SSSR count). The van der Waals surface area contributed by atoms with Crippen molar-refractivity contribution in [3.05, 3.63) is 0 Å². The first-order valence-corrected chi connectivity index (χ1v) is 24.6. The van der Waals surface area contributed by atoms with Crippen LogP contribution < -0.4 is 37.6 Å². The van der Waals surface area contributed by atoms with Crippen molar-refractivity contribution in [1.82, 2.24) is 31.9 Å². The molecule has 77 heavy (non-hydrogen) atoms. The van der Waals surface area contributed by atoms with Crippen molar-refractivity contribution in [1.29, 1.82) is 0 Å². The molecular weight excluding hydrogens is 1040 g/mol. The third-order valence-corrected chi connectivity index (χ3v) is 13.3. The number of primary amides is 1. The number of carbonyl (C=O) groups is 7. The van der Waals surface area contributed by atoms with Gasteiger partial charge in [-0.3, -0.25) is 33.6 Å². The van der Waals surface area contributed by atoms with Gasteiger partial charge >= 0.3 is 0 Å². The molecule has 20 N–H and O–H groups in total. The molecule has 0 saturated carbocycles. The first-order chi connectivity index (χ1) is 36.1. The fraction of sp³-hybridized carbons (Fsp3) is 0.841. The lowest BCUT2D eigenvalue weighted by Gasteiger charge is -2.50. The number of aliphatic hydroxyl groups excluding tert-OH is 12. The number of nitrogens with two attached hydrogens (primary N) is 1. The Morgan fingerprint density at radius 1 is 0.545 bits per heavy atom. The number of rotatable bonds is 24. The highest BCUT2D eigenvalue weighted by Gasteiger charge is 2.55. The molecule has 0 unspecified atom stereocenters. The molecule has 442 valence electrons. The molecule has 0 aliphatic carbocycles. The van der Waals surface area contributed by atoms with Gasteiger partial charge in [0, 0.05) is 20.8 Å². The Labute approximate surface area is 440 Å². The zero-order valence-electron chi connectivity index (χ0n) is 42.8. The number of amides is 7. The summed E-state index contributed by atoms with van der Waals surface area (Å²) in [6.45, 7) is 3.91. The van der Waals surface area contributed by atoms with Gasteiger partial charge in [0.15, 0.2) is 25.1 Å². The van der Waals surface area contributed by atoms with Gasteiger partial charge in [0.2, 0.25) is 41.4 Å². The van der Waals surface area contributed by atoms with E-state index in [1.54, 1.807) is 13.8 Å². The zero-order chi connectivity index (χ0) is 57.9. The van der Waals surface area contributed by atoms with Gasteiger partial charge in [-0.2, -0.15) is 0 Å². The van der Waals surface area contributed by atoms with Gasteiger partial charge in [-0.15, -0.1) is 0 Å². The molecule has 33 nitrogen and oxygen atoms in total. The molecule has 0 aromatic heterocycles. The quantitative estimate of drug-likeness (QED) is 0.0427. The topological polar surface area (TPSA) is 525 Å². The lowest BCUT2D eigenvalue weighted by molar-refractivity contribution is -0.363. The fourth-order valence-electron chi connectivity index (χ4n) is 8.88. The molecule has 0 spiro atoms. The van der Waals surface area contributed by atoms with E-state index in [4.69, 9.17) is 38.9 Å². The summed E-state index contributed by atoms with van der Waals surface area (Å²) >= 11 is 0. The van der Waals surface area contributed by atoms with Gasteiger partial charge in [-0.05, 0) is 12.8 Å². The molecule has 0 radical (unpaired) electrons. The summed E-state index contributed by atoms with van der Waals surface area (Å²) < 4.78 is 40.1. The maximum atomic E-state index is 13.7. The summed E-state index contributed by atoms with van der Waals surface area (Å²) in [5.74, 6) is -7.20. The van der Waals surface area contributed by atoms with Crippen molar-refractivity contribution in [2.24, 2.45) is 11.7 Å². The SMILES string of the molecule is CC[C@H](C)[C@H](NC(=O)[C@H](CC(=O)N[C@@H]1O[C@H](CO)[C@@H](O[C@@H]2O[C@H](CO)[C@@H](O[C@@H]3O[C@H](CO[C@H]4O[C@H](CO)[C@@H](O)[C@H](O)[C@@H]4O)[C@@H](O)[C@H](O)[C@@H]3O)[C@H](O)[C@H]2NC(C)=O)[C@H](O)[C@H]1NC(C)=O)NC(C)=O)C(=O)N[C@H](C(N)=O)[C@@H](C)O. The third-order valence-electron chi connectivity index (χ3n) is 13.3. The monoisotopic (exact) mass is 1120 g/mol. The highest BCUT2D eigenvalue weighted by molar-refractivity contribution is 5.96. The molecular formula is C44H75N7O26. The summed E-state index contributed by atoms with van der Waals surface area (Å²) in [6.07, 6.45) is -35.0. The van der Waals surface area contributed by atoms with Crippen LogP contribution in [0.15, 0.2) is 0 Å². The van der Waals surface area contributed by atoms with E-state index in [-0.39, 0.29) is 0 Å². The Balaban J connectivity index is 1.52. The molecule has 4 fully saturated rings. The minimum absolute atomic E-state index is 0.291. The number of nitrogens with one attached hydrogen (secondary N) is 6. The summed E-state index contributed by atoms with van der Waals surface area (Å²) in [6, 6.07) is -8.05. The van der Waals surface area contributed by atoms with Crippen LogP contribution >= 0.6 is 0 Å². The van der Waals surface area contributed by atoms with Crippen molar-refractivity contribution in [3.63, 3.8) is 0 Å². The number of hydrogen-bond acceptors (Lipinski definition) is 26. The molecule has 33 heteroatoms. The average Bonchev–Trinajstić information content (AvgIpc) is 3.37. The Kier molecular flexibility index (Phi) is 24.6. The van der Waals surface area contributed by atoms with Crippen LogP contribution in [0.25, 0.3) is 0 Å². The van der Waals surface area contributed by atoms with Crippen LogP contribution in [0.3, 0.4) is 0 Å². The van der Waals surface area contributed by atoms with E-state index in [2.05, 4.69) is 31.9 Å². The number of carbonyl (C=O) groups excluding carboxylic acids is 7. The zero-order valence-corrected chi connectivity index (χ0v) is 42.8. The lowest BCUT2D eigenvalue weighted by atomic mass is 9.93. The summed E-state index contributed by atoms with van der Waals surface area (Å²) in [5.41, 5.74) is 5.31. The Hall–Kier alpha value is -4.47. The summed E-state index contributed by atoms with van der Waals surface area (Å²) in [4.78, 5) is 90.0. The molecule has 7 amide bonds. The van der Waals surface area contributed by atoms with Crippen LogP contribution in [0.2, 0.25) is 0 Å². The van der Waals surface area contributed by atoms with E-state index >= 15 is 0 Å². The van der Waals surface area contributed by atoms with Crippen molar-refractivity contribution in [2.75, 3.05) is 26.4 Å². The molecule has 4 aliphatic heterocycles. The van der Waals surface area contributed by atoms with E-state index < -0.39 is 227 Å². The smallest absolute Gasteiger partial charge is 0.243 e. The second kappa shape index (κ2) is 29.1. The second-order valence-electron chi connectivity index (χ2n) is 19.2. The second-order valence-corrected chi connectivity index (χ2v) is 19.2. The molecule has 0 bridgehead atoms. The van der Waals surface area contributed by atoms with Crippen molar-refractivity contribution >= 4 is 41.4 Å². The first kappa shape index (κ1) is 65.1. The number of ether oxygens (including phenoxy) is 7. The predicted molar refractivity (Wildman–Crippen MR) is 249 cm³/mol. The first-order valence-electron chi connectivity index (χ1n) is 24.6.